The van der Waals surface area contributed by atoms with Gasteiger partial charge in [-0.3, -0.25) is 4.40 Å². The molecule has 1 saturated heterocycles. The van der Waals surface area contributed by atoms with Crippen LogP contribution in [-0.2, 0) is 4.74 Å². The number of fused-ring (bicyclic) bond motifs is 2. The summed E-state index contributed by atoms with van der Waals surface area (Å²) in [6, 6.07) is 5.73. The van der Waals surface area contributed by atoms with Crippen molar-refractivity contribution in [2.45, 2.75) is 6.04 Å². The molecule has 8 nitrogen and oxygen atoms in total. The largest absolute Gasteiger partial charge is 0.378 e. The van der Waals surface area contributed by atoms with Crippen molar-refractivity contribution >= 4 is 28.8 Å². The fraction of sp³-hybridized carbons (Fsp3) is 0.217. The summed E-state index contributed by atoms with van der Waals surface area (Å²) in [6.07, 6.45) is 9.40. The highest BCUT2D eigenvalue weighted by Gasteiger charge is 2.28. The van der Waals surface area contributed by atoms with Gasteiger partial charge in [0.1, 0.15) is 5.82 Å². The van der Waals surface area contributed by atoms with E-state index in [0.717, 1.165) is 35.7 Å². The van der Waals surface area contributed by atoms with E-state index in [1.165, 1.54) is 12.1 Å². The summed E-state index contributed by atoms with van der Waals surface area (Å²) < 4.78 is 21.1. The lowest BCUT2D eigenvalue weighted by atomic mass is 9.97. The number of amides is 2. The van der Waals surface area contributed by atoms with Crippen LogP contribution >= 0.6 is 0 Å². The summed E-state index contributed by atoms with van der Waals surface area (Å²) in [5.74, 6) is 0.470. The van der Waals surface area contributed by atoms with Crippen molar-refractivity contribution in [3.63, 3.8) is 0 Å². The van der Waals surface area contributed by atoms with Crippen LogP contribution in [0.4, 0.5) is 15.0 Å². The summed E-state index contributed by atoms with van der Waals surface area (Å²) in [6.45, 7) is 2.74. The molecule has 1 atom stereocenters. The number of ether oxygens (including phenoxy) is 1. The van der Waals surface area contributed by atoms with Gasteiger partial charge in [0, 0.05) is 36.6 Å². The van der Waals surface area contributed by atoms with Gasteiger partial charge in [0.05, 0.1) is 36.4 Å². The molecule has 1 aliphatic carbocycles. The number of hydrogen-bond acceptors (Lipinski definition) is 5. The Balaban J connectivity index is 1.57. The second-order valence-electron chi connectivity index (χ2n) is 7.78. The number of carbonyl (C=O) groups is 1. The van der Waals surface area contributed by atoms with Crippen LogP contribution < -0.4 is 10.2 Å². The third-order valence-electron chi connectivity index (χ3n) is 5.83. The van der Waals surface area contributed by atoms with Crippen LogP contribution in [0, 0.1) is 5.82 Å². The number of urea groups is 1. The van der Waals surface area contributed by atoms with Crippen molar-refractivity contribution in [3.05, 3.63) is 66.4 Å². The molecule has 0 spiro atoms. The second kappa shape index (κ2) is 7.38. The zero-order valence-electron chi connectivity index (χ0n) is 17.0. The number of hydrogen-bond donors (Lipinski definition) is 1. The van der Waals surface area contributed by atoms with Crippen molar-refractivity contribution in [2.24, 2.45) is 4.99 Å². The fourth-order valence-electron chi connectivity index (χ4n) is 4.30. The minimum absolute atomic E-state index is 0.217. The van der Waals surface area contributed by atoms with Gasteiger partial charge >= 0.3 is 6.03 Å². The molecule has 9 heteroatoms. The topological polar surface area (TPSA) is 84.1 Å². The first-order valence-corrected chi connectivity index (χ1v) is 10.4. The highest BCUT2D eigenvalue weighted by atomic mass is 19.1. The average Bonchev–Trinajstić information content (AvgIpc) is 3.39. The van der Waals surface area contributed by atoms with Gasteiger partial charge in [-0.2, -0.15) is 4.99 Å². The lowest BCUT2D eigenvalue weighted by molar-refractivity contribution is 0.122. The number of nitrogens with one attached hydrogen (secondary N) is 1. The van der Waals surface area contributed by atoms with E-state index in [2.05, 4.69) is 20.2 Å². The number of aliphatic imine (C=N–C) groups is 1. The summed E-state index contributed by atoms with van der Waals surface area (Å²) in [5, 5.41) is 2.80. The van der Waals surface area contributed by atoms with E-state index in [-0.39, 0.29) is 17.9 Å². The maximum atomic E-state index is 13.6. The normalized spacial score (nSPS) is 20.2. The number of aromatic nitrogens is 3. The average molecular weight is 430 g/mol. The third-order valence-corrected chi connectivity index (χ3v) is 5.83. The molecular formula is C23H19FN6O2. The lowest BCUT2D eigenvalue weighted by Gasteiger charge is -2.27. The second-order valence-corrected chi connectivity index (χ2v) is 7.78. The molecular weight excluding hydrogens is 411 g/mol. The van der Waals surface area contributed by atoms with Crippen LogP contribution in [-0.4, -0.2) is 58.5 Å². The smallest absolute Gasteiger partial charge is 0.342 e. The standard InChI is InChI=1S/C23H19FN6O2/c24-16-4-1-14(2-5-16)19-20(15-3-6-17-18(13-15)27-23(31)26-17)30-8-7-25-21(22(30)28-19)29-9-11-32-12-10-29/h1-8,13,17H,9-12H2,(H,26,31). The summed E-state index contributed by atoms with van der Waals surface area (Å²) in [5.41, 5.74) is 4.57. The van der Waals surface area contributed by atoms with Crippen LogP contribution in [0.1, 0.15) is 5.69 Å². The number of carbonyl (C=O) groups excluding carboxylic acids is 1. The molecule has 3 aliphatic rings. The molecule has 1 fully saturated rings. The zero-order valence-corrected chi connectivity index (χ0v) is 17.0. The van der Waals surface area contributed by atoms with E-state index < -0.39 is 0 Å². The zero-order chi connectivity index (χ0) is 21.7. The molecule has 3 aromatic rings. The van der Waals surface area contributed by atoms with Gasteiger partial charge < -0.3 is 15.0 Å². The van der Waals surface area contributed by atoms with Gasteiger partial charge in [-0.25, -0.2) is 19.2 Å². The van der Waals surface area contributed by atoms with Gasteiger partial charge in [-0.05, 0) is 30.3 Å². The van der Waals surface area contributed by atoms with E-state index in [9.17, 15) is 9.18 Å². The number of halogens is 1. The van der Waals surface area contributed by atoms with Crippen LogP contribution in [0.15, 0.2) is 59.9 Å². The number of benzene rings is 1. The first-order valence-electron chi connectivity index (χ1n) is 10.4. The Morgan fingerprint density at radius 2 is 1.97 bits per heavy atom. The van der Waals surface area contributed by atoms with Crippen molar-refractivity contribution < 1.29 is 13.9 Å². The number of anilines is 1. The van der Waals surface area contributed by atoms with Crippen LogP contribution in [0.25, 0.3) is 22.5 Å². The Labute approximate surface area is 182 Å². The highest BCUT2D eigenvalue weighted by Crippen LogP contribution is 2.34. The van der Waals surface area contributed by atoms with E-state index >= 15 is 0 Å². The van der Waals surface area contributed by atoms with Gasteiger partial charge in [-0.15, -0.1) is 0 Å². The molecule has 1 aromatic carbocycles. The van der Waals surface area contributed by atoms with E-state index in [1.807, 2.05) is 28.8 Å². The Bertz CT molecular complexity index is 1320. The molecule has 0 radical (unpaired) electrons. The van der Waals surface area contributed by atoms with Crippen molar-refractivity contribution in [1.29, 1.82) is 0 Å². The molecule has 1 unspecified atom stereocenters. The first-order chi connectivity index (χ1) is 15.7. The quantitative estimate of drug-likeness (QED) is 0.691. The molecule has 4 heterocycles. The Morgan fingerprint density at radius 1 is 1.16 bits per heavy atom. The van der Waals surface area contributed by atoms with E-state index in [1.54, 1.807) is 18.3 Å². The molecule has 32 heavy (non-hydrogen) atoms. The molecule has 0 bridgehead atoms. The van der Waals surface area contributed by atoms with Crippen LogP contribution in [0.3, 0.4) is 0 Å². The number of rotatable bonds is 3. The van der Waals surface area contributed by atoms with Gasteiger partial charge in [0.2, 0.25) is 0 Å². The van der Waals surface area contributed by atoms with Crippen molar-refractivity contribution in [2.75, 3.05) is 31.2 Å². The molecule has 2 aromatic heterocycles. The highest BCUT2D eigenvalue weighted by molar-refractivity contribution is 6.17. The maximum absolute atomic E-state index is 13.6. The number of morpholine rings is 1. The van der Waals surface area contributed by atoms with Crippen molar-refractivity contribution in [3.8, 4) is 11.3 Å². The molecule has 160 valence electrons. The predicted molar refractivity (Wildman–Crippen MR) is 118 cm³/mol. The SMILES string of the molecule is O=C1N=C2C=C(c3c(-c4ccc(F)cc4)nc4c(N5CCOCC5)nccn34)C=CC2N1. The van der Waals surface area contributed by atoms with Gasteiger partial charge in [0.15, 0.2) is 11.5 Å². The minimum Gasteiger partial charge on any atom is -0.378 e. The lowest BCUT2D eigenvalue weighted by Crippen LogP contribution is -2.37. The maximum Gasteiger partial charge on any atom is 0.342 e. The molecule has 6 rings (SSSR count). The molecule has 2 amide bonds. The Morgan fingerprint density at radius 3 is 2.78 bits per heavy atom. The molecule has 1 N–H and O–H groups in total. The van der Waals surface area contributed by atoms with Crippen LogP contribution in [0.5, 0.6) is 0 Å². The summed E-state index contributed by atoms with van der Waals surface area (Å²) in [7, 11) is 0. The summed E-state index contributed by atoms with van der Waals surface area (Å²) in [4.78, 5) is 27.5. The van der Waals surface area contributed by atoms with Gasteiger partial charge in [-0.1, -0.05) is 12.2 Å². The summed E-state index contributed by atoms with van der Waals surface area (Å²) >= 11 is 0. The fourth-order valence-corrected chi connectivity index (χ4v) is 4.30. The predicted octanol–water partition coefficient (Wildman–Crippen LogP) is 2.86. The third kappa shape index (κ3) is 3.09. The Hall–Kier alpha value is -3.85. The van der Waals surface area contributed by atoms with Gasteiger partial charge in [0.25, 0.3) is 0 Å². The number of imidazole rings is 1. The Kier molecular flexibility index (Phi) is 4.36. The van der Waals surface area contributed by atoms with E-state index in [0.29, 0.717) is 30.3 Å². The molecule has 2 aliphatic heterocycles. The van der Waals surface area contributed by atoms with E-state index in [4.69, 9.17) is 9.72 Å². The number of nitrogens with zero attached hydrogens (tertiary/aromatic N) is 5. The molecule has 0 saturated carbocycles. The number of allylic oxidation sites excluding steroid dienone is 2. The van der Waals surface area contributed by atoms with Crippen LogP contribution in [0.2, 0.25) is 0 Å². The van der Waals surface area contributed by atoms with Crippen molar-refractivity contribution in [1.82, 2.24) is 19.7 Å². The monoisotopic (exact) mass is 430 g/mol. The minimum atomic E-state index is -0.345. The first kappa shape index (κ1) is 18.9.